The van der Waals surface area contributed by atoms with Crippen LogP contribution in [0.1, 0.15) is 5.56 Å². The molecule has 0 amide bonds. The SMILES string of the molecule is O=c1cc(C(F)(F)F)c2ccc(NC(=S)Nc3ccc(Cl)cc3)cc2o1. The molecule has 2 aromatic carbocycles. The minimum atomic E-state index is -4.66. The van der Waals surface area contributed by atoms with Crippen LogP contribution in [0, 0.1) is 0 Å². The Hall–Kier alpha value is -2.58. The molecule has 3 aromatic rings. The molecule has 3 rings (SSSR count). The number of hydrogen-bond acceptors (Lipinski definition) is 3. The Bertz CT molecular complexity index is 1030. The molecule has 0 saturated carbocycles. The van der Waals surface area contributed by atoms with E-state index in [2.05, 4.69) is 10.6 Å². The number of nitrogens with one attached hydrogen (secondary N) is 2. The van der Waals surface area contributed by atoms with Gasteiger partial charge in [-0.15, -0.1) is 0 Å². The largest absolute Gasteiger partial charge is 0.423 e. The first-order chi connectivity index (χ1) is 12.2. The lowest BCUT2D eigenvalue weighted by atomic mass is 10.1. The predicted octanol–water partition coefficient (Wildman–Crippen LogP) is 5.27. The van der Waals surface area contributed by atoms with Gasteiger partial charge in [0.05, 0.1) is 5.56 Å². The Morgan fingerprint density at radius 2 is 1.62 bits per heavy atom. The van der Waals surface area contributed by atoms with E-state index >= 15 is 0 Å². The fourth-order valence-corrected chi connectivity index (χ4v) is 2.66. The Morgan fingerprint density at radius 1 is 1.00 bits per heavy atom. The summed E-state index contributed by atoms with van der Waals surface area (Å²) in [6, 6.07) is 11.1. The van der Waals surface area contributed by atoms with Gasteiger partial charge in [-0.2, -0.15) is 13.2 Å². The molecular weight excluding hydrogens is 389 g/mol. The van der Waals surface area contributed by atoms with Crippen molar-refractivity contribution in [1.82, 2.24) is 0 Å². The van der Waals surface area contributed by atoms with E-state index < -0.39 is 17.4 Å². The zero-order valence-electron chi connectivity index (χ0n) is 12.9. The lowest BCUT2D eigenvalue weighted by Crippen LogP contribution is -2.19. The van der Waals surface area contributed by atoms with E-state index in [4.69, 9.17) is 28.2 Å². The molecule has 4 nitrogen and oxygen atoms in total. The Kier molecular flexibility index (Phi) is 4.88. The summed E-state index contributed by atoms with van der Waals surface area (Å²) in [4.78, 5) is 11.4. The normalized spacial score (nSPS) is 11.4. The van der Waals surface area contributed by atoms with Crippen molar-refractivity contribution >= 4 is 51.3 Å². The van der Waals surface area contributed by atoms with Gasteiger partial charge in [-0.1, -0.05) is 11.6 Å². The number of rotatable bonds is 2. The number of alkyl halides is 3. The standard InChI is InChI=1S/C17H10ClF3N2O2S/c18-9-1-3-10(4-2-9)22-16(26)23-11-5-6-12-13(17(19,20)21)8-15(24)25-14(12)7-11/h1-8H,(H2,22,23,26). The maximum absolute atomic E-state index is 13.0. The number of thiocarbonyl (C=S) groups is 1. The lowest BCUT2D eigenvalue weighted by molar-refractivity contribution is -0.136. The third-order valence-corrected chi connectivity index (χ3v) is 3.87. The fourth-order valence-electron chi connectivity index (χ4n) is 2.30. The first-order valence-electron chi connectivity index (χ1n) is 7.21. The second-order valence-electron chi connectivity index (χ2n) is 5.27. The van der Waals surface area contributed by atoms with Gasteiger partial charge >= 0.3 is 11.8 Å². The highest BCUT2D eigenvalue weighted by Gasteiger charge is 2.33. The van der Waals surface area contributed by atoms with Gasteiger partial charge in [0.1, 0.15) is 5.58 Å². The van der Waals surface area contributed by atoms with Crippen molar-refractivity contribution in [3.63, 3.8) is 0 Å². The van der Waals surface area contributed by atoms with Gasteiger partial charge < -0.3 is 15.1 Å². The molecule has 0 unspecified atom stereocenters. The Labute approximate surface area is 155 Å². The van der Waals surface area contributed by atoms with Gasteiger partial charge in [-0.3, -0.25) is 0 Å². The molecule has 0 atom stereocenters. The van der Waals surface area contributed by atoms with Crippen molar-refractivity contribution in [2.45, 2.75) is 6.18 Å². The monoisotopic (exact) mass is 398 g/mol. The fraction of sp³-hybridized carbons (Fsp3) is 0.0588. The van der Waals surface area contributed by atoms with E-state index in [1.807, 2.05) is 0 Å². The Balaban J connectivity index is 1.86. The predicted molar refractivity (Wildman–Crippen MR) is 98.8 cm³/mol. The second kappa shape index (κ2) is 6.97. The van der Waals surface area contributed by atoms with Crippen LogP contribution in [0.5, 0.6) is 0 Å². The number of benzene rings is 2. The summed E-state index contributed by atoms with van der Waals surface area (Å²) in [6.45, 7) is 0. The van der Waals surface area contributed by atoms with Crippen LogP contribution < -0.4 is 16.3 Å². The highest BCUT2D eigenvalue weighted by Crippen LogP contribution is 2.34. The molecule has 0 radical (unpaired) electrons. The van der Waals surface area contributed by atoms with Gasteiger partial charge in [-0.05, 0) is 48.6 Å². The van der Waals surface area contributed by atoms with E-state index in [9.17, 15) is 18.0 Å². The third kappa shape index (κ3) is 4.14. The molecular formula is C17H10ClF3N2O2S. The van der Waals surface area contributed by atoms with Gasteiger partial charge in [0.25, 0.3) is 0 Å². The van der Waals surface area contributed by atoms with Crippen molar-refractivity contribution in [3.05, 3.63) is 69.5 Å². The molecule has 0 saturated heterocycles. The molecule has 1 heterocycles. The number of hydrogen-bond donors (Lipinski definition) is 2. The maximum atomic E-state index is 13.0. The number of halogens is 4. The second-order valence-corrected chi connectivity index (χ2v) is 6.12. The van der Waals surface area contributed by atoms with Crippen LogP contribution in [0.2, 0.25) is 5.02 Å². The molecule has 134 valence electrons. The van der Waals surface area contributed by atoms with E-state index in [-0.39, 0.29) is 16.1 Å². The molecule has 0 aliphatic heterocycles. The van der Waals surface area contributed by atoms with Crippen molar-refractivity contribution < 1.29 is 17.6 Å². The maximum Gasteiger partial charge on any atom is 0.417 e. The van der Waals surface area contributed by atoms with Crippen LogP contribution in [0.4, 0.5) is 24.5 Å². The molecule has 0 aliphatic rings. The average molecular weight is 399 g/mol. The van der Waals surface area contributed by atoms with E-state index in [1.54, 1.807) is 24.3 Å². The summed E-state index contributed by atoms with van der Waals surface area (Å²) >= 11 is 11.0. The highest BCUT2D eigenvalue weighted by molar-refractivity contribution is 7.80. The van der Waals surface area contributed by atoms with Crippen LogP contribution in [0.25, 0.3) is 11.0 Å². The van der Waals surface area contributed by atoms with Gasteiger partial charge in [0.2, 0.25) is 0 Å². The van der Waals surface area contributed by atoms with Crippen LogP contribution in [0.3, 0.4) is 0 Å². The molecule has 0 spiro atoms. The summed E-state index contributed by atoms with van der Waals surface area (Å²) < 4.78 is 44.0. The molecule has 0 bridgehead atoms. The molecule has 0 fully saturated rings. The van der Waals surface area contributed by atoms with E-state index in [1.165, 1.54) is 18.2 Å². The molecule has 2 N–H and O–H groups in total. The molecule has 0 aliphatic carbocycles. The third-order valence-electron chi connectivity index (χ3n) is 3.41. The number of fused-ring (bicyclic) bond motifs is 1. The van der Waals surface area contributed by atoms with Gasteiger partial charge in [-0.25, -0.2) is 4.79 Å². The van der Waals surface area contributed by atoms with Crippen molar-refractivity contribution in [3.8, 4) is 0 Å². The summed E-state index contributed by atoms with van der Waals surface area (Å²) in [6.07, 6.45) is -4.66. The van der Waals surface area contributed by atoms with Crippen LogP contribution in [-0.4, -0.2) is 5.11 Å². The minimum Gasteiger partial charge on any atom is -0.423 e. The molecule has 26 heavy (non-hydrogen) atoms. The minimum absolute atomic E-state index is 0.191. The van der Waals surface area contributed by atoms with Crippen LogP contribution in [-0.2, 0) is 6.18 Å². The van der Waals surface area contributed by atoms with Gasteiger partial charge in [0.15, 0.2) is 5.11 Å². The Morgan fingerprint density at radius 3 is 2.27 bits per heavy atom. The first kappa shape index (κ1) is 18.2. The van der Waals surface area contributed by atoms with Crippen molar-refractivity contribution in [1.29, 1.82) is 0 Å². The summed E-state index contributed by atoms with van der Waals surface area (Å²) in [5.74, 6) is 0. The van der Waals surface area contributed by atoms with Crippen molar-refractivity contribution in [2.75, 3.05) is 10.6 Å². The molecule has 1 aromatic heterocycles. The molecule has 9 heteroatoms. The smallest absolute Gasteiger partial charge is 0.417 e. The highest BCUT2D eigenvalue weighted by atomic mass is 35.5. The summed E-state index contributed by atoms with van der Waals surface area (Å²) in [5, 5.41) is 6.29. The summed E-state index contributed by atoms with van der Waals surface area (Å²) in [5.41, 5.74) is -1.27. The quantitative estimate of drug-likeness (QED) is 0.454. The van der Waals surface area contributed by atoms with Crippen LogP contribution in [0.15, 0.2) is 57.7 Å². The average Bonchev–Trinajstić information content (AvgIpc) is 2.55. The number of anilines is 2. The zero-order valence-corrected chi connectivity index (χ0v) is 14.4. The summed E-state index contributed by atoms with van der Waals surface area (Å²) in [7, 11) is 0. The van der Waals surface area contributed by atoms with Crippen molar-refractivity contribution in [2.24, 2.45) is 0 Å². The van der Waals surface area contributed by atoms with E-state index in [0.717, 1.165) is 0 Å². The van der Waals surface area contributed by atoms with Crippen LogP contribution >= 0.6 is 23.8 Å². The lowest BCUT2D eigenvalue weighted by Gasteiger charge is -2.12. The zero-order chi connectivity index (χ0) is 18.9. The topological polar surface area (TPSA) is 54.3 Å². The first-order valence-corrected chi connectivity index (χ1v) is 8.00. The van der Waals surface area contributed by atoms with E-state index in [0.29, 0.717) is 22.5 Å². The van der Waals surface area contributed by atoms with Gasteiger partial charge in [0, 0.05) is 33.9 Å².